The highest BCUT2D eigenvalue weighted by Gasteiger charge is 2.04. The maximum Gasteiger partial charge on any atom is 0.181 e. The molecule has 0 fully saturated rings. The lowest BCUT2D eigenvalue weighted by Crippen LogP contribution is -1.75. The van der Waals surface area contributed by atoms with Crippen molar-refractivity contribution in [3.05, 3.63) is 29.4 Å². The van der Waals surface area contributed by atoms with Gasteiger partial charge in [-0.05, 0) is 0 Å². The van der Waals surface area contributed by atoms with E-state index in [1.807, 2.05) is 0 Å². The summed E-state index contributed by atoms with van der Waals surface area (Å²) in [5.41, 5.74) is 0.975. The molecule has 0 bridgehead atoms. The summed E-state index contributed by atoms with van der Waals surface area (Å²) in [6.45, 7) is 0. The first kappa shape index (κ1) is 6.61. The maximum atomic E-state index is 12.7. The molecule has 0 amide bonds. The number of benzene rings is 1. The van der Waals surface area contributed by atoms with Gasteiger partial charge in [0, 0.05) is 12.1 Å². The molecule has 0 N–H and O–H groups in total. The number of hydrogen-bond acceptors (Lipinski definition) is 2. The van der Waals surface area contributed by atoms with Gasteiger partial charge >= 0.3 is 0 Å². The van der Waals surface area contributed by atoms with Crippen LogP contribution in [-0.4, -0.2) is 4.98 Å². The molecule has 1 heterocycles. The Bertz CT molecular complexity index is 362. The van der Waals surface area contributed by atoms with E-state index >= 15 is 0 Å². The van der Waals surface area contributed by atoms with Gasteiger partial charge in [-0.3, -0.25) is 0 Å². The number of halogens is 2. The monoisotopic (exact) mass is 171 g/mol. The van der Waals surface area contributed by atoms with E-state index in [1.165, 1.54) is 18.5 Å². The van der Waals surface area contributed by atoms with E-state index in [4.69, 9.17) is 16.0 Å². The molecule has 0 atom stereocenters. The van der Waals surface area contributed by atoms with Crippen LogP contribution in [0.2, 0.25) is 5.02 Å². The van der Waals surface area contributed by atoms with Crippen LogP contribution in [0.1, 0.15) is 0 Å². The average Bonchev–Trinajstić information content (AvgIpc) is 2.36. The van der Waals surface area contributed by atoms with E-state index in [0.717, 1.165) is 0 Å². The minimum Gasteiger partial charge on any atom is -0.443 e. The molecule has 0 saturated carbocycles. The molecule has 1 aromatic carbocycles. The van der Waals surface area contributed by atoms with Crippen molar-refractivity contribution in [2.45, 2.75) is 0 Å². The fourth-order valence-corrected chi connectivity index (χ4v) is 1.01. The molecule has 2 aromatic rings. The van der Waals surface area contributed by atoms with Crippen LogP contribution in [0.15, 0.2) is 22.9 Å². The van der Waals surface area contributed by atoms with Gasteiger partial charge in [-0.25, -0.2) is 9.37 Å². The van der Waals surface area contributed by atoms with Crippen molar-refractivity contribution < 1.29 is 8.81 Å². The second-order valence-corrected chi connectivity index (χ2v) is 2.49. The van der Waals surface area contributed by atoms with Crippen LogP contribution in [0.25, 0.3) is 11.1 Å². The average molecular weight is 172 g/mol. The molecule has 2 rings (SSSR count). The van der Waals surface area contributed by atoms with Crippen LogP contribution in [0.3, 0.4) is 0 Å². The minimum atomic E-state index is -0.479. The van der Waals surface area contributed by atoms with Crippen LogP contribution in [0.5, 0.6) is 0 Å². The van der Waals surface area contributed by atoms with E-state index in [1.54, 1.807) is 0 Å². The van der Waals surface area contributed by atoms with Gasteiger partial charge in [-0.2, -0.15) is 0 Å². The molecule has 0 aliphatic rings. The van der Waals surface area contributed by atoms with Crippen LogP contribution in [0, 0.1) is 5.82 Å². The lowest BCUT2D eigenvalue weighted by Gasteiger charge is -1.90. The Hall–Kier alpha value is -1.09. The topological polar surface area (TPSA) is 26.0 Å². The van der Waals surface area contributed by atoms with Gasteiger partial charge in [-0.15, -0.1) is 0 Å². The summed E-state index contributed by atoms with van der Waals surface area (Å²) in [5, 5.41) is 0.0502. The van der Waals surface area contributed by atoms with Crippen LogP contribution in [0.4, 0.5) is 4.39 Å². The first-order chi connectivity index (χ1) is 5.27. The van der Waals surface area contributed by atoms with Crippen molar-refractivity contribution in [2.75, 3.05) is 0 Å². The molecule has 4 heteroatoms. The number of rotatable bonds is 0. The summed E-state index contributed by atoms with van der Waals surface area (Å²) in [7, 11) is 0. The summed E-state index contributed by atoms with van der Waals surface area (Å²) in [6.07, 6.45) is 1.25. The van der Waals surface area contributed by atoms with Crippen LogP contribution >= 0.6 is 11.6 Å². The van der Waals surface area contributed by atoms with Gasteiger partial charge in [0.2, 0.25) is 0 Å². The number of fused-ring (bicyclic) bond motifs is 1. The summed E-state index contributed by atoms with van der Waals surface area (Å²) in [5.74, 6) is -0.479. The zero-order valence-corrected chi connectivity index (χ0v) is 6.10. The standard InChI is InChI=1S/C7H3ClFNO/c8-4-1-7-6(2-5(4)9)10-3-11-7/h1-3H. The smallest absolute Gasteiger partial charge is 0.181 e. The summed E-state index contributed by atoms with van der Waals surface area (Å²) < 4.78 is 17.6. The predicted molar refractivity (Wildman–Crippen MR) is 39.0 cm³/mol. The highest BCUT2D eigenvalue weighted by molar-refractivity contribution is 6.31. The van der Waals surface area contributed by atoms with Gasteiger partial charge in [-0.1, -0.05) is 11.6 Å². The first-order valence-corrected chi connectivity index (χ1v) is 3.33. The molecular formula is C7H3ClFNO. The van der Waals surface area contributed by atoms with Crippen molar-refractivity contribution in [3.63, 3.8) is 0 Å². The zero-order valence-electron chi connectivity index (χ0n) is 5.34. The Morgan fingerprint density at radius 1 is 1.45 bits per heavy atom. The Labute approximate surface area is 66.6 Å². The fourth-order valence-electron chi connectivity index (χ4n) is 0.853. The third-order valence-electron chi connectivity index (χ3n) is 1.37. The third kappa shape index (κ3) is 0.973. The summed E-state index contributed by atoms with van der Waals surface area (Å²) in [6, 6.07) is 2.64. The van der Waals surface area contributed by atoms with E-state index in [-0.39, 0.29) is 5.02 Å². The Morgan fingerprint density at radius 2 is 2.27 bits per heavy atom. The van der Waals surface area contributed by atoms with Gasteiger partial charge in [0.15, 0.2) is 12.0 Å². The SMILES string of the molecule is Fc1cc2ncoc2cc1Cl. The van der Waals surface area contributed by atoms with Crippen LogP contribution < -0.4 is 0 Å². The first-order valence-electron chi connectivity index (χ1n) is 2.95. The van der Waals surface area contributed by atoms with Gasteiger partial charge in [0.05, 0.1) is 5.02 Å². The normalized spacial score (nSPS) is 10.7. The molecular weight excluding hydrogens is 169 g/mol. The molecule has 2 nitrogen and oxygen atoms in total. The highest BCUT2D eigenvalue weighted by Crippen LogP contribution is 2.21. The van der Waals surface area contributed by atoms with Gasteiger partial charge in [0.1, 0.15) is 11.3 Å². The van der Waals surface area contributed by atoms with Crippen LogP contribution in [-0.2, 0) is 0 Å². The second kappa shape index (κ2) is 2.20. The fraction of sp³-hybridized carbons (Fsp3) is 0. The summed E-state index contributed by atoms with van der Waals surface area (Å²) in [4.78, 5) is 3.76. The molecule has 0 aliphatic carbocycles. The Balaban J connectivity index is 2.86. The molecule has 0 spiro atoms. The molecule has 0 unspecified atom stereocenters. The molecule has 56 valence electrons. The molecule has 1 aromatic heterocycles. The molecule has 11 heavy (non-hydrogen) atoms. The Kier molecular flexibility index (Phi) is 1.32. The predicted octanol–water partition coefficient (Wildman–Crippen LogP) is 2.62. The third-order valence-corrected chi connectivity index (χ3v) is 1.66. The van der Waals surface area contributed by atoms with E-state index in [9.17, 15) is 4.39 Å². The number of aromatic nitrogens is 1. The summed E-state index contributed by atoms with van der Waals surface area (Å²) >= 11 is 5.48. The Morgan fingerprint density at radius 3 is 3.09 bits per heavy atom. The number of nitrogens with zero attached hydrogens (tertiary/aromatic N) is 1. The largest absolute Gasteiger partial charge is 0.443 e. The molecule has 0 radical (unpaired) electrons. The van der Waals surface area contributed by atoms with Crippen molar-refractivity contribution in [1.82, 2.24) is 4.98 Å². The second-order valence-electron chi connectivity index (χ2n) is 2.09. The van der Waals surface area contributed by atoms with Crippen molar-refractivity contribution in [3.8, 4) is 0 Å². The highest BCUT2D eigenvalue weighted by atomic mass is 35.5. The van der Waals surface area contributed by atoms with Gasteiger partial charge < -0.3 is 4.42 Å². The minimum absolute atomic E-state index is 0.0502. The number of oxazole rings is 1. The van der Waals surface area contributed by atoms with Crippen molar-refractivity contribution in [2.24, 2.45) is 0 Å². The zero-order chi connectivity index (χ0) is 7.84. The van der Waals surface area contributed by atoms with Crippen molar-refractivity contribution in [1.29, 1.82) is 0 Å². The quantitative estimate of drug-likeness (QED) is 0.609. The maximum absolute atomic E-state index is 12.7. The molecule has 0 aliphatic heterocycles. The van der Waals surface area contributed by atoms with Gasteiger partial charge in [0.25, 0.3) is 0 Å². The lowest BCUT2D eigenvalue weighted by molar-refractivity contribution is 0.599. The van der Waals surface area contributed by atoms with E-state index in [2.05, 4.69) is 4.98 Å². The number of hydrogen-bond donors (Lipinski definition) is 0. The lowest BCUT2D eigenvalue weighted by atomic mass is 10.3. The van der Waals surface area contributed by atoms with E-state index in [0.29, 0.717) is 11.1 Å². The van der Waals surface area contributed by atoms with E-state index < -0.39 is 5.82 Å². The molecule has 0 saturated heterocycles. The van der Waals surface area contributed by atoms with Crippen molar-refractivity contribution >= 4 is 22.7 Å².